The zero-order chi connectivity index (χ0) is 10.8. The minimum atomic E-state index is -0.842. The molecule has 0 bridgehead atoms. The second-order valence-electron chi connectivity index (χ2n) is 2.52. The van der Waals surface area contributed by atoms with Gasteiger partial charge in [-0.2, -0.15) is 0 Å². The van der Waals surface area contributed by atoms with Crippen LogP contribution in [0.15, 0.2) is 24.3 Å². The maximum absolute atomic E-state index is 9.47. The minimum Gasteiger partial charge on any atom is -0.377 e. The van der Waals surface area contributed by atoms with Crippen LogP contribution in [-0.2, 0) is 7.25 Å². The Labute approximate surface area is 116 Å². The van der Waals surface area contributed by atoms with E-state index in [1.54, 1.807) is 6.07 Å². The summed E-state index contributed by atoms with van der Waals surface area (Å²) in [6, 6.07) is 7.34. The number of alkyl halides is 3. The van der Waals surface area contributed by atoms with Gasteiger partial charge in [0.2, 0.25) is 3.42 Å². The number of hydrogen-bond acceptors (Lipinski definition) is 2. The van der Waals surface area contributed by atoms with Gasteiger partial charge in [0.15, 0.2) is 0 Å². The second-order valence-corrected chi connectivity index (χ2v) is 7.01. The SMILES string of the molecule is OC(Br)c1ccccc1C(Br)(Br)OBr. The first-order chi connectivity index (χ1) is 6.49. The summed E-state index contributed by atoms with van der Waals surface area (Å²) in [5, 5.41) is 8.74. The third-order valence-corrected chi connectivity index (χ3v) is 4.65. The molecule has 0 radical (unpaired) electrons. The molecule has 2 nitrogen and oxygen atoms in total. The Balaban J connectivity index is 3.20. The number of hydrogen-bond donors (Lipinski definition) is 1. The fourth-order valence-electron chi connectivity index (χ4n) is 1.01. The number of benzene rings is 1. The molecule has 1 aromatic carbocycles. The van der Waals surface area contributed by atoms with Crippen LogP contribution >= 0.6 is 64.0 Å². The molecule has 1 unspecified atom stereocenters. The second kappa shape index (κ2) is 5.41. The van der Waals surface area contributed by atoms with Crippen molar-refractivity contribution in [2.75, 3.05) is 0 Å². The predicted octanol–water partition coefficient (Wildman–Crippen LogP) is 4.30. The molecule has 0 saturated carbocycles. The van der Waals surface area contributed by atoms with Gasteiger partial charge >= 0.3 is 0 Å². The fraction of sp³-hybridized carbons (Fsp3) is 0.250. The molecule has 1 rings (SSSR count). The monoisotopic (exact) mass is 450 g/mol. The van der Waals surface area contributed by atoms with Gasteiger partial charge in [-0.3, -0.25) is 3.83 Å². The van der Waals surface area contributed by atoms with Crippen LogP contribution in [0.1, 0.15) is 16.1 Å². The number of rotatable bonds is 3. The van der Waals surface area contributed by atoms with Crippen LogP contribution in [0.25, 0.3) is 0 Å². The van der Waals surface area contributed by atoms with Crippen molar-refractivity contribution in [2.24, 2.45) is 0 Å². The highest BCUT2D eigenvalue weighted by Gasteiger charge is 2.29. The Morgan fingerprint density at radius 2 is 1.86 bits per heavy atom. The average Bonchev–Trinajstić information content (AvgIpc) is 2.18. The van der Waals surface area contributed by atoms with Crippen LogP contribution in [-0.4, -0.2) is 5.11 Å². The molecular weight excluding hydrogens is 448 g/mol. The van der Waals surface area contributed by atoms with Crippen molar-refractivity contribution in [1.29, 1.82) is 0 Å². The zero-order valence-electron chi connectivity index (χ0n) is 6.75. The van der Waals surface area contributed by atoms with E-state index in [1.807, 2.05) is 18.2 Å². The molecule has 0 aromatic heterocycles. The molecule has 14 heavy (non-hydrogen) atoms. The van der Waals surface area contributed by atoms with E-state index >= 15 is 0 Å². The van der Waals surface area contributed by atoms with Gasteiger partial charge < -0.3 is 5.11 Å². The van der Waals surface area contributed by atoms with Crippen molar-refractivity contribution in [1.82, 2.24) is 0 Å². The van der Waals surface area contributed by atoms with Crippen molar-refractivity contribution in [2.45, 2.75) is 8.43 Å². The van der Waals surface area contributed by atoms with Gasteiger partial charge in [0.1, 0.15) is 21.3 Å². The Morgan fingerprint density at radius 3 is 2.36 bits per heavy atom. The normalized spacial score (nSPS) is 14.1. The van der Waals surface area contributed by atoms with E-state index in [4.69, 9.17) is 3.83 Å². The molecule has 0 spiro atoms. The van der Waals surface area contributed by atoms with Crippen LogP contribution in [0, 0.1) is 0 Å². The van der Waals surface area contributed by atoms with Gasteiger partial charge in [0.05, 0.1) is 0 Å². The Hall–Kier alpha value is 1.06. The van der Waals surface area contributed by atoms with E-state index in [-0.39, 0.29) is 0 Å². The summed E-state index contributed by atoms with van der Waals surface area (Å²) in [6.07, 6.45) is 0. The van der Waals surface area contributed by atoms with Gasteiger partial charge in [-0.1, -0.05) is 40.2 Å². The van der Waals surface area contributed by atoms with Crippen LogP contribution in [0.2, 0.25) is 0 Å². The van der Waals surface area contributed by atoms with Gasteiger partial charge in [-0.15, -0.1) is 0 Å². The zero-order valence-corrected chi connectivity index (χ0v) is 13.1. The predicted molar refractivity (Wildman–Crippen MR) is 69.9 cm³/mol. The quantitative estimate of drug-likeness (QED) is 0.692. The molecule has 0 saturated heterocycles. The molecule has 0 aliphatic heterocycles. The topological polar surface area (TPSA) is 29.5 Å². The van der Waals surface area contributed by atoms with Crippen LogP contribution in [0.5, 0.6) is 0 Å². The molecule has 1 aromatic rings. The van der Waals surface area contributed by atoms with E-state index in [2.05, 4.69) is 64.0 Å². The number of aliphatic hydroxyl groups is 1. The fourth-order valence-corrected chi connectivity index (χ4v) is 2.31. The molecule has 0 aliphatic rings. The summed E-state index contributed by atoms with van der Waals surface area (Å²) in [7, 11) is 0. The number of aliphatic hydroxyl groups excluding tert-OH is 1. The van der Waals surface area contributed by atoms with Gasteiger partial charge in [-0.05, 0) is 37.4 Å². The van der Waals surface area contributed by atoms with E-state index in [9.17, 15) is 5.11 Å². The lowest BCUT2D eigenvalue weighted by atomic mass is 10.1. The standard InChI is InChI=1S/C8H6Br4O2/c9-7(13)5-3-1-2-4-6(5)8(10,11)14-12/h1-4,7,13H. The lowest BCUT2D eigenvalue weighted by Gasteiger charge is -2.21. The number of halogens is 4. The molecule has 0 amide bonds. The van der Waals surface area contributed by atoms with Crippen molar-refractivity contribution in [3.05, 3.63) is 35.4 Å². The molecule has 0 fully saturated rings. The molecule has 1 atom stereocenters. The third-order valence-electron chi connectivity index (χ3n) is 1.63. The maximum atomic E-state index is 9.47. The van der Waals surface area contributed by atoms with Crippen LogP contribution < -0.4 is 0 Å². The molecular formula is C8H6Br4O2. The first kappa shape index (κ1) is 13.1. The first-order valence-corrected chi connectivity index (χ1v) is 6.73. The molecule has 0 aliphatic carbocycles. The summed E-state index contributed by atoms with van der Waals surface area (Å²) >= 11 is 12.6. The lowest BCUT2D eigenvalue weighted by Crippen LogP contribution is -2.12. The summed E-state index contributed by atoms with van der Waals surface area (Å²) in [5.74, 6) is 0. The van der Waals surface area contributed by atoms with Gasteiger partial charge in [-0.25, -0.2) is 0 Å². The van der Waals surface area contributed by atoms with Crippen LogP contribution in [0.3, 0.4) is 0 Å². The van der Waals surface area contributed by atoms with Gasteiger partial charge in [0, 0.05) is 5.56 Å². The Morgan fingerprint density at radius 1 is 1.29 bits per heavy atom. The summed E-state index contributed by atoms with van der Waals surface area (Å²) in [5.41, 5.74) is 1.50. The minimum absolute atomic E-state index is 0.723. The van der Waals surface area contributed by atoms with Crippen molar-refractivity contribution >= 4 is 64.0 Å². The van der Waals surface area contributed by atoms with Crippen molar-refractivity contribution < 1.29 is 8.93 Å². The van der Waals surface area contributed by atoms with Crippen LogP contribution in [0.4, 0.5) is 0 Å². The highest BCUT2D eigenvalue weighted by atomic mass is 79.9. The molecule has 6 heteroatoms. The Kier molecular flexibility index (Phi) is 5.07. The highest BCUT2D eigenvalue weighted by molar-refractivity contribution is 9.25. The van der Waals surface area contributed by atoms with Crippen molar-refractivity contribution in [3.8, 4) is 0 Å². The largest absolute Gasteiger partial charge is 0.377 e. The van der Waals surface area contributed by atoms with E-state index in [0.717, 1.165) is 11.1 Å². The average molecular weight is 454 g/mol. The molecule has 1 N–H and O–H groups in total. The van der Waals surface area contributed by atoms with Gasteiger partial charge in [0.25, 0.3) is 0 Å². The lowest BCUT2D eigenvalue weighted by molar-refractivity contribution is 0.270. The molecule has 0 heterocycles. The summed E-state index contributed by atoms with van der Waals surface area (Å²) in [4.78, 5) is 0. The maximum Gasteiger partial charge on any atom is 0.216 e. The highest BCUT2D eigenvalue weighted by Crippen LogP contribution is 2.44. The first-order valence-electron chi connectivity index (χ1n) is 3.58. The third kappa shape index (κ3) is 3.02. The summed E-state index contributed by atoms with van der Waals surface area (Å²) in [6.45, 7) is 0. The van der Waals surface area contributed by atoms with Crippen molar-refractivity contribution in [3.63, 3.8) is 0 Å². The van der Waals surface area contributed by atoms with E-state index in [1.165, 1.54) is 0 Å². The summed E-state index contributed by atoms with van der Waals surface area (Å²) < 4.78 is 4.19. The van der Waals surface area contributed by atoms with E-state index in [0.29, 0.717) is 0 Å². The Bertz CT molecular complexity index is 314. The molecule has 78 valence electrons. The smallest absolute Gasteiger partial charge is 0.216 e. The van der Waals surface area contributed by atoms with E-state index < -0.39 is 8.43 Å².